The van der Waals surface area contributed by atoms with Gasteiger partial charge in [0.25, 0.3) is 0 Å². The molecule has 0 amide bonds. The van der Waals surface area contributed by atoms with Gasteiger partial charge in [0.1, 0.15) is 0 Å². The summed E-state index contributed by atoms with van der Waals surface area (Å²) in [6, 6.07) is 0. The van der Waals surface area contributed by atoms with E-state index in [1.807, 2.05) is 0 Å². The zero-order valence-corrected chi connectivity index (χ0v) is 33.3. The summed E-state index contributed by atoms with van der Waals surface area (Å²) >= 11 is 0. The first kappa shape index (κ1) is 46.4. The van der Waals surface area contributed by atoms with Crippen molar-refractivity contribution in [3.63, 3.8) is 0 Å². The second kappa shape index (κ2) is 37.7. The van der Waals surface area contributed by atoms with Gasteiger partial charge in [-0.2, -0.15) is 0 Å². The van der Waals surface area contributed by atoms with Crippen molar-refractivity contribution in [2.45, 2.75) is 213 Å². The van der Waals surface area contributed by atoms with Gasteiger partial charge in [-0.25, -0.2) is 8.42 Å². The fourth-order valence-corrected chi connectivity index (χ4v) is 6.27. The number of allylic oxidation sites excluding steroid dienone is 1. The predicted octanol–water partition coefficient (Wildman–Crippen LogP) is 9.77. The van der Waals surface area contributed by atoms with Gasteiger partial charge in [0.05, 0.1) is 6.61 Å². The number of unbranched alkanes of at least 4 members (excludes halogenated alkanes) is 28. The zero-order valence-electron chi connectivity index (χ0n) is 29.4. The molecule has 0 aromatic carbocycles. The van der Waals surface area contributed by atoms with Crippen LogP contribution in [0.15, 0.2) is 12.2 Å². The molecule has 0 spiro atoms. The molecular formula is C37H73KO4S. The number of hydrogen-bond donors (Lipinski definition) is 0. The second-order valence-electron chi connectivity index (χ2n) is 13.0. The van der Waals surface area contributed by atoms with Crippen molar-refractivity contribution >= 4 is 10.4 Å². The maximum absolute atomic E-state index is 11.0. The Morgan fingerprint density at radius 3 is 1.14 bits per heavy atom. The van der Waals surface area contributed by atoms with E-state index in [0.717, 1.165) is 19.3 Å². The van der Waals surface area contributed by atoms with Crippen molar-refractivity contribution in [3.8, 4) is 0 Å². The molecule has 0 aliphatic carbocycles. The minimum atomic E-state index is -4.62. The molecule has 6 heteroatoms. The van der Waals surface area contributed by atoms with E-state index in [2.05, 4.69) is 30.2 Å². The summed E-state index contributed by atoms with van der Waals surface area (Å²) in [5.41, 5.74) is 0. The molecule has 0 fully saturated rings. The van der Waals surface area contributed by atoms with Crippen molar-refractivity contribution in [1.82, 2.24) is 0 Å². The Hall–Kier alpha value is 1.25. The summed E-state index contributed by atoms with van der Waals surface area (Å²) in [6.45, 7) is 4.53. The van der Waals surface area contributed by atoms with Gasteiger partial charge in [0.2, 0.25) is 10.4 Å². The first-order chi connectivity index (χ1) is 20.5. The monoisotopic (exact) mass is 652 g/mol. The van der Waals surface area contributed by atoms with E-state index in [-0.39, 0.29) is 63.9 Å². The van der Waals surface area contributed by atoms with E-state index in [4.69, 9.17) is 0 Å². The fourth-order valence-electron chi connectivity index (χ4n) is 5.93. The Bertz CT molecular complexity index is 653. The molecule has 0 heterocycles. The van der Waals surface area contributed by atoms with Gasteiger partial charge in [0.15, 0.2) is 0 Å². The Balaban J connectivity index is 0. The molecule has 43 heavy (non-hydrogen) atoms. The van der Waals surface area contributed by atoms with Crippen molar-refractivity contribution < 1.29 is 68.5 Å². The summed E-state index contributed by atoms with van der Waals surface area (Å²) in [4.78, 5) is 0. The van der Waals surface area contributed by atoms with Crippen molar-refractivity contribution in [3.05, 3.63) is 12.2 Å². The largest absolute Gasteiger partial charge is 1.00 e. The molecule has 0 aromatic heterocycles. The minimum Gasteiger partial charge on any atom is -0.726 e. The van der Waals surface area contributed by atoms with Crippen LogP contribution in [0.3, 0.4) is 0 Å². The van der Waals surface area contributed by atoms with Crippen LogP contribution >= 0.6 is 0 Å². The minimum absolute atomic E-state index is 0. The molecule has 1 unspecified atom stereocenters. The van der Waals surface area contributed by atoms with Crippen LogP contribution in [-0.2, 0) is 14.6 Å². The third-order valence-electron chi connectivity index (χ3n) is 8.74. The van der Waals surface area contributed by atoms with E-state index in [9.17, 15) is 13.0 Å². The first-order valence-corrected chi connectivity index (χ1v) is 20.1. The van der Waals surface area contributed by atoms with Crippen LogP contribution < -0.4 is 51.4 Å². The molecular weight excluding hydrogens is 580 g/mol. The molecule has 0 saturated heterocycles. The molecule has 0 saturated carbocycles. The molecule has 0 rings (SSSR count). The second-order valence-corrected chi connectivity index (χ2v) is 14.1. The third kappa shape index (κ3) is 41.2. The van der Waals surface area contributed by atoms with Gasteiger partial charge >= 0.3 is 51.4 Å². The van der Waals surface area contributed by atoms with Crippen LogP contribution in [-0.4, -0.2) is 19.6 Å². The summed E-state index contributed by atoms with van der Waals surface area (Å²) in [6.07, 6.45) is 45.3. The van der Waals surface area contributed by atoms with Crippen LogP contribution in [0.5, 0.6) is 0 Å². The maximum Gasteiger partial charge on any atom is 1.00 e. The molecule has 252 valence electrons. The molecule has 4 nitrogen and oxygen atoms in total. The van der Waals surface area contributed by atoms with E-state index < -0.39 is 10.4 Å². The van der Waals surface area contributed by atoms with E-state index in [1.54, 1.807) is 0 Å². The average molecular weight is 653 g/mol. The maximum atomic E-state index is 11.0. The van der Waals surface area contributed by atoms with Crippen molar-refractivity contribution in [1.29, 1.82) is 0 Å². The van der Waals surface area contributed by atoms with Crippen molar-refractivity contribution in [2.24, 2.45) is 5.92 Å². The molecule has 0 N–H and O–H groups in total. The van der Waals surface area contributed by atoms with Crippen LogP contribution in [0.2, 0.25) is 0 Å². The Morgan fingerprint density at radius 2 is 0.814 bits per heavy atom. The van der Waals surface area contributed by atoms with E-state index >= 15 is 0 Å². The Kier molecular flexibility index (Phi) is 40.7. The van der Waals surface area contributed by atoms with Gasteiger partial charge < -0.3 is 4.55 Å². The molecule has 0 aliphatic rings. The molecule has 1 atom stereocenters. The quantitative estimate of drug-likeness (QED) is 0.0225. The molecule has 0 aliphatic heterocycles. The summed E-state index contributed by atoms with van der Waals surface area (Å²) in [5.74, 6) is 0.0163. The topological polar surface area (TPSA) is 66.4 Å². The molecule has 0 bridgehead atoms. The van der Waals surface area contributed by atoms with Crippen LogP contribution in [0.1, 0.15) is 213 Å². The van der Waals surface area contributed by atoms with Gasteiger partial charge in [-0.05, 0) is 19.3 Å². The van der Waals surface area contributed by atoms with Crippen LogP contribution in [0, 0.1) is 5.92 Å². The Morgan fingerprint density at radius 1 is 0.512 bits per heavy atom. The Labute approximate surface area is 313 Å². The fraction of sp³-hybridized carbons (Fsp3) is 0.946. The van der Waals surface area contributed by atoms with Crippen LogP contribution in [0.25, 0.3) is 0 Å². The van der Waals surface area contributed by atoms with E-state index in [1.165, 1.54) is 180 Å². The SMILES string of the molecule is CCCCCCCCCCCCCCCCCCC/C=C/C(CCCCCCCCCCCCCC)COS(=O)(=O)[O-].[K+]. The van der Waals surface area contributed by atoms with Gasteiger partial charge in [0, 0.05) is 5.92 Å². The summed E-state index contributed by atoms with van der Waals surface area (Å²) < 4.78 is 37.5. The van der Waals surface area contributed by atoms with E-state index in [0.29, 0.717) is 0 Å². The summed E-state index contributed by atoms with van der Waals surface area (Å²) in [5, 5.41) is 0. The zero-order chi connectivity index (χ0) is 30.8. The predicted molar refractivity (Wildman–Crippen MR) is 183 cm³/mol. The average Bonchev–Trinajstić information content (AvgIpc) is 2.96. The molecule has 0 radical (unpaired) electrons. The summed E-state index contributed by atoms with van der Waals surface area (Å²) in [7, 11) is -4.62. The van der Waals surface area contributed by atoms with Gasteiger partial charge in [-0.3, -0.25) is 4.18 Å². The molecule has 0 aromatic rings. The van der Waals surface area contributed by atoms with Gasteiger partial charge in [-0.15, -0.1) is 0 Å². The van der Waals surface area contributed by atoms with Gasteiger partial charge in [-0.1, -0.05) is 206 Å². The first-order valence-electron chi connectivity index (χ1n) is 18.8. The number of hydrogen-bond acceptors (Lipinski definition) is 4. The number of rotatable bonds is 35. The van der Waals surface area contributed by atoms with Crippen LogP contribution in [0.4, 0.5) is 0 Å². The smallest absolute Gasteiger partial charge is 0.726 e. The third-order valence-corrected chi connectivity index (χ3v) is 9.16. The standard InChI is InChI=1S/C37H74O4S.K/c1-3-5-7-9-11-13-15-17-18-19-20-21-22-23-25-27-29-31-33-35-37(36-41-42(38,39)40)34-32-30-28-26-24-16-14-12-10-8-6-4-2;/h33,35,37H,3-32,34,36H2,1-2H3,(H,38,39,40);/q;+1/p-1/b35-33+;. The normalized spacial score (nSPS) is 12.6. The van der Waals surface area contributed by atoms with Crippen molar-refractivity contribution in [2.75, 3.05) is 6.61 Å².